The fourth-order valence-corrected chi connectivity index (χ4v) is 1.75. The topological polar surface area (TPSA) is 46.0 Å². The molecule has 0 amide bonds. The Kier molecular flexibility index (Phi) is 3.69. The van der Waals surface area contributed by atoms with Crippen LogP contribution in [0.2, 0.25) is 5.28 Å². The van der Waals surface area contributed by atoms with E-state index in [2.05, 4.69) is 9.97 Å². The molecule has 0 spiro atoms. The zero-order valence-electron chi connectivity index (χ0n) is 7.79. The molecule has 6 heteroatoms. The minimum atomic E-state index is -0.527. The van der Waals surface area contributed by atoms with E-state index < -0.39 is 10.6 Å². The van der Waals surface area contributed by atoms with Crippen LogP contribution in [0.5, 0.6) is 0 Å². The van der Waals surface area contributed by atoms with E-state index >= 15 is 0 Å². The molecular weight excluding hydrogens is 227 g/mol. The molecule has 1 heterocycles. The standard InChI is InChI=1S/C8H10ClFN2OS/c1-8(2,4-13)14-6-5(10)3-11-7(9)12-6/h3,13H,4H2,1-2H3. The Morgan fingerprint density at radius 1 is 1.64 bits per heavy atom. The lowest BCUT2D eigenvalue weighted by atomic mass is 10.2. The molecule has 1 N–H and O–H groups in total. The van der Waals surface area contributed by atoms with E-state index in [1.807, 2.05) is 0 Å². The number of hydrogen-bond donors (Lipinski definition) is 1. The Hall–Kier alpha value is -0.390. The molecule has 1 rings (SSSR count). The van der Waals surface area contributed by atoms with Crippen molar-refractivity contribution in [2.24, 2.45) is 0 Å². The van der Waals surface area contributed by atoms with E-state index in [0.717, 1.165) is 18.0 Å². The van der Waals surface area contributed by atoms with Gasteiger partial charge in [-0.3, -0.25) is 0 Å². The van der Waals surface area contributed by atoms with Crippen LogP contribution in [0.15, 0.2) is 11.2 Å². The SMILES string of the molecule is CC(C)(CO)Sc1nc(Cl)ncc1F. The van der Waals surface area contributed by atoms with E-state index in [9.17, 15) is 4.39 Å². The normalized spacial score (nSPS) is 11.8. The predicted octanol–water partition coefficient (Wildman–Crippen LogP) is 2.13. The fourth-order valence-electron chi connectivity index (χ4n) is 0.697. The quantitative estimate of drug-likeness (QED) is 0.496. The minimum absolute atomic E-state index is 0.00244. The number of thioether (sulfide) groups is 1. The largest absolute Gasteiger partial charge is 0.395 e. The summed E-state index contributed by atoms with van der Waals surface area (Å²) in [6.45, 7) is 3.50. The van der Waals surface area contributed by atoms with E-state index in [1.165, 1.54) is 0 Å². The molecule has 0 saturated carbocycles. The van der Waals surface area contributed by atoms with Crippen LogP contribution in [-0.4, -0.2) is 26.4 Å². The molecule has 3 nitrogen and oxygen atoms in total. The Bertz CT molecular complexity index is 335. The second-order valence-electron chi connectivity index (χ2n) is 3.31. The van der Waals surface area contributed by atoms with Gasteiger partial charge in [0.15, 0.2) is 5.82 Å². The number of aliphatic hydroxyl groups is 1. The Balaban J connectivity index is 2.91. The molecule has 0 atom stereocenters. The number of aliphatic hydroxyl groups excluding tert-OH is 1. The highest BCUT2D eigenvalue weighted by Gasteiger charge is 2.21. The molecule has 0 aliphatic rings. The third-order valence-electron chi connectivity index (χ3n) is 1.44. The lowest BCUT2D eigenvalue weighted by Crippen LogP contribution is -2.20. The van der Waals surface area contributed by atoms with Crippen LogP contribution in [0.1, 0.15) is 13.8 Å². The molecule has 1 aromatic rings. The van der Waals surface area contributed by atoms with Gasteiger partial charge in [0, 0.05) is 4.75 Å². The van der Waals surface area contributed by atoms with Crippen molar-refractivity contribution in [3.63, 3.8) is 0 Å². The minimum Gasteiger partial charge on any atom is -0.395 e. The predicted molar refractivity (Wildman–Crippen MR) is 54.0 cm³/mol. The summed E-state index contributed by atoms with van der Waals surface area (Å²) in [6, 6.07) is 0. The second kappa shape index (κ2) is 4.42. The molecule has 0 fully saturated rings. The highest BCUT2D eigenvalue weighted by Crippen LogP contribution is 2.32. The maximum atomic E-state index is 13.2. The number of rotatable bonds is 3. The number of hydrogen-bond acceptors (Lipinski definition) is 4. The first kappa shape index (κ1) is 11.7. The highest BCUT2D eigenvalue weighted by molar-refractivity contribution is 8.00. The summed E-state index contributed by atoms with van der Waals surface area (Å²) in [4.78, 5) is 7.24. The van der Waals surface area contributed by atoms with Gasteiger partial charge in [0.1, 0.15) is 5.03 Å². The molecule has 0 aromatic carbocycles. The summed E-state index contributed by atoms with van der Waals surface area (Å²) in [7, 11) is 0. The van der Waals surface area contributed by atoms with E-state index in [4.69, 9.17) is 16.7 Å². The first-order valence-electron chi connectivity index (χ1n) is 3.92. The van der Waals surface area contributed by atoms with Crippen molar-refractivity contribution >= 4 is 23.4 Å². The zero-order valence-corrected chi connectivity index (χ0v) is 9.36. The van der Waals surface area contributed by atoms with Crippen LogP contribution in [0.3, 0.4) is 0 Å². The van der Waals surface area contributed by atoms with Crippen LogP contribution < -0.4 is 0 Å². The van der Waals surface area contributed by atoms with Crippen LogP contribution in [0, 0.1) is 5.82 Å². The van der Waals surface area contributed by atoms with Crippen LogP contribution in [0.4, 0.5) is 4.39 Å². The van der Waals surface area contributed by atoms with Crippen molar-refractivity contribution in [1.82, 2.24) is 9.97 Å². The zero-order chi connectivity index (χ0) is 10.8. The highest BCUT2D eigenvalue weighted by atomic mass is 35.5. The van der Waals surface area contributed by atoms with Gasteiger partial charge < -0.3 is 5.11 Å². The third-order valence-corrected chi connectivity index (χ3v) is 2.78. The smallest absolute Gasteiger partial charge is 0.223 e. The third kappa shape index (κ3) is 3.08. The van der Waals surface area contributed by atoms with Gasteiger partial charge in [0.05, 0.1) is 12.8 Å². The van der Waals surface area contributed by atoms with E-state index in [-0.39, 0.29) is 16.9 Å². The van der Waals surface area contributed by atoms with Crippen LogP contribution >= 0.6 is 23.4 Å². The first-order valence-corrected chi connectivity index (χ1v) is 5.12. The summed E-state index contributed by atoms with van der Waals surface area (Å²) >= 11 is 6.65. The average molecular weight is 237 g/mol. The maximum Gasteiger partial charge on any atom is 0.223 e. The molecule has 0 saturated heterocycles. The van der Waals surface area contributed by atoms with Crippen molar-refractivity contribution in [3.8, 4) is 0 Å². The van der Waals surface area contributed by atoms with Crippen molar-refractivity contribution in [3.05, 3.63) is 17.3 Å². The van der Waals surface area contributed by atoms with Crippen molar-refractivity contribution in [2.45, 2.75) is 23.6 Å². The van der Waals surface area contributed by atoms with Gasteiger partial charge >= 0.3 is 0 Å². The van der Waals surface area contributed by atoms with Gasteiger partial charge in [0.25, 0.3) is 0 Å². The van der Waals surface area contributed by atoms with Crippen molar-refractivity contribution in [1.29, 1.82) is 0 Å². The van der Waals surface area contributed by atoms with Gasteiger partial charge in [-0.1, -0.05) is 11.8 Å². The number of halogens is 2. The molecule has 14 heavy (non-hydrogen) atoms. The molecule has 0 radical (unpaired) electrons. The first-order chi connectivity index (χ1) is 6.44. The Labute approximate surface area is 90.7 Å². The van der Waals surface area contributed by atoms with E-state index in [0.29, 0.717) is 0 Å². The number of aromatic nitrogens is 2. The van der Waals surface area contributed by atoms with Crippen LogP contribution in [0.25, 0.3) is 0 Å². The molecular formula is C8H10ClFN2OS. The van der Waals surface area contributed by atoms with Gasteiger partial charge in [-0.25, -0.2) is 14.4 Å². The molecule has 0 unspecified atom stereocenters. The van der Waals surface area contributed by atoms with Gasteiger partial charge in [0.2, 0.25) is 5.28 Å². The molecule has 1 aromatic heterocycles. The maximum absolute atomic E-state index is 13.2. The summed E-state index contributed by atoms with van der Waals surface area (Å²) in [5, 5.41) is 9.15. The van der Waals surface area contributed by atoms with Gasteiger partial charge in [-0.15, -0.1) is 0 Å². The molecule has 0 bridgehead atoms. The Morgan fingerprint density at radius 2 is 2.29 bits per heavy atom. The molecule has 78 valence electrons. The summed E-state index contributed by atoms with van der Waals surface area (Å²) in [5.41, 5.74) is 0. The lowest BCUT2D eigenvalue weighted by Gasteiger charge is -2.19. The Morgan fingerprint density at radius 3 is 2.86 bits per heavy atom. The second-order valence-corrected chi connectivity index (χ2v) is 5.35. The lowest BCUT2D eigenvalue weighted by molar-refractivity contribution is 0.264. The molecule has 0 aliphatic carbocycles. The van der Waals surface area contributed by atoms with Crippen LogP contribution in [-0.2, 0) is 0 Å². The summed E-state index contributed by atoms with van der Waals surface area (Å²) in [6.07, 6.45) is 1.02. The monoisotopic (exact) mass is 236 g/mol. The van der Waals surface area contributed by atoms with E-state index in [1.54, 1.807) is 13.8 Å². The number of nitrogens with zero attached hydrogens (tertiary/aromatic N) is 2. The van der Waals surface area contributed by atoms with Gasteiger partial charge in [-0.2, -0.15) is 0 Å². The van der Waals surface area contributed by atoms with Crippen molar-refractivity contribution < 1.29 is 9.50 Å². The van der Waals surface area contributed by atoms with Crippen molar-refractivity contribution in [2.75, 3.05) is 6.61 Å². The fraction of sp³-hybridized carbons (Fsp3) is 0.500. The summed E-state index contributed by atoms with van der Waals surface area (Å²) < 4.78 is 12.7. The van der Waals surface area contributed by atoms with Gasteiger partial charge in [-0.05, 0) is 25.4 Å². The summed E-state index contributed by atoms with van der Waals surface area (Å²) in [5.74, 6) is -0.527. The average Bonchev–Trinajstić information content (AvgIpc) is 2.11. The molecule has 0 aliphatic heterocycles.